The molecule has 0 radical (unpaired) electrons. The van der Waals surface area contributed by atoms with E-state index in [0.29, 0.717) is 5.92 Å². The van der Waals surface area contributed by atoms with Crippen molar-refractivity contribution in [2.24, 2.45) is 11.7 Å². The number of hydrogen-bond acceptors (Lipinski definition) is 2. The molecule has 3 heteroatoms. The molecule has 92 valence electrons. The van der Waals surface area contributed by atoms with Gasteiger partial charge in [0.1, 0.15) is 17.2 Å². The van der Waals surface area contributed by atoms with Crippen molar-refractivity contribution in [1.29, 1.82) is 0 Å². The molecule has 2 N–H and O–H groups in total. The van der Waals surface area contributed by atoms with Crippen LogP contribution in [-0.4, -0.2) is 5.60 Å². The summed E-state index contributed by atoms with van der Waals surface area (Å²) in [7, 11) is 0. The van der Waals surface area contributed by atoms with Gasteiger partial charge in [-0.3, -0.25) is 0 Å². The van der Waals surface area contributed by atoms with Gasteiger partial charge < -0.3 is 10.5 Å². The Labute approximate surface area is 101 Å². The van der Waals surface area contributed by atoms with Crippen LogP contribution < -0.4 is 10.5 Å². The van der Waals surface area contributed by atoms with Crippen LogP contribution >= 0.6 is 0 Å². The van der Waals surface area contributed by atoms with Crippen LogP contribution in [0, 0.1) is 11.7 Å². The predicted octanol–water partition coefficient (Wildman–Crippen LogP) is 3.17. The predicted molar refractivity (Wildman–Crippen MR) is 64.3 cm³/mol. The quantitative estimate of drug-likeness (QED) is 0.854. The minimum atomic E-state index is -0.238. The Balaban J connectivity index is 1.99. The van der Waals surface area contributed by atoms with E-state index in [1.54, 1.807) is 6.07 Å². The average Bonchev–Trinajstić information content (AvgIpc) is 3.14. The van der Waals surface area contributed by atoms with Gasteiger partial charge in [-0.25, -0.2) is 4.39 Å². The maximum absolute atomic E-state index is 13.2. The van der Waals surface area contributed by atoms with E-state index in [1.165, 1.54) is 25.0 Å². The monoisotopic (exact) mass is 235 g/mol. The maximum atomic E-state index is 13.2. The van der Waals surface area contributed by atoms with Crippen LogP contribution in [-0.2, 0) is 0 Å². The van der Waals surface area contributed by atoms with Crippen LogP contribution in [0.3, 0.4) is 0 Å². The molecule has 1 aliphatic carbocycles. The van der Waals surface area contributed by atoms with Gasteiger partial charge in [0.25, 0.3) is 0 Å². The molecule has 1 aromatic rings. The smallest absolute Gasteiger partial charge is 0.125 e. The van der Waals surface area contributed by atoms with Gasteiger partial charge in [-0.1, -0.05) is 6.92 Å². The molecular weight excluding hydrogens is 217 g/mol. The number of nitrogens with two attached hydrogens (primary N) is 1. The highest BCUT2D eigenvalue weighted by Gasteiger charge is 2.49. The largest absolute Gasteiger partial charge is 0.487 e. The van der Waals surface area contributed by atoms with E-state index in [1.807, 2.05) is 0 Å². The van der Waals surface area contributed by atoms with E-state index in [0.717, 1.165) is 24.2 Å². The molecule has 1 unspecified atom stereocenters. The lowest BCUT2D eigenvalue weighted by molar-refractivity contribution is 0.0105. The number of halogens is 1. The van der Waals surface area contributed by atoms with Gasteiger partial charge in [-0.2, -0.15) is 0 Å². The highest BCUT2D eigenvalue weighted by atomic mass is 19.1. The lowest BCUT2D eigenvalue weighted by Crippen LogP contribution is -2.44. The number of hydrogen-bond donors (Lipinski definition) is 1. The Bertz CT molecular complexity index is 444. The molecule has 1 saturated carbocycles. The number of benzene rings is 1. The van der Waals surface area contributed by atoms with Gasteiger partial charge in [0, 0.05) is 18.0 Å². The maximum Gasteiger partial charge on any atom is 0.125 e. The summed E-state index contributed by atoms with van der Waals surface area (Å²) in [5, 5.41) is 0. The van der Waals surface area contributed by atoms with Crippen molar-refractivity contribution < 1.29 is 9.13 Å². The Kier molecular flexibility index (Phi) is 2.40. The molecule has 1 fully saturated rings. The topological polar surface area (TPSA) is 35.2 Å². The molecule has 2 atom stereocenters. The molecule has 3 rings (SSSR count). The van der Waals surface area contributed by atoms with Gasteiger partial charge in [-0.05, 0) is 43.4 Å². The Hall–Kier alpha value is -1.09. The third kappa shape index (κ3) is 1.73. The fourth-order valence-electron chi connectivity index (χ4n) is 3.01. The summed E-state index contributed by atoms with van der Waals surface area (Å²) < 4.78 is 19.4. The highest BCUT2D eigenvalue weighted by Crippen LogP contribution is 2.51. The molecule has 1 heterocycles. The third-order valence-electron chi connectivity index (χ3n) is 4.17. The summed E-state index contributed by atoms with van der Waals surface area (Å²) in [6.07, 6.45) is 4.25. The second kappa shape index (κ2) is 3.70. The second-order valence-electron chi connectivity index (χ2n) is 5.29. The first-order valence-corrected chi connectivity index (χ1v) is 6.38. The van der Waals surface area contributed by atoms with Crippen molar-refractivity contribution in [3.05, 3.63) is 29.6 Å². The first-order valence-electron chi connectivity index (χ1n) is 6.38. The average molecular weight is 235 g/mol. The van der Waals surface area contributed by atoms with Crippen LogP contribution in [0.5, 0.6) is 5.75 Å². The minimum absolute atomic E-state index is 0.102. The number of ether oxygens (including phenoxy) is 1. The summed E-state index contributed by atoms with van der Waals surface area (Å²) in [6.45, 7) is 2.15. The molecule has 0 spiro atoms. The summed E-state index contributed by atoms with van der Waals surface area (Å²) in [5.41, 5.74) is 6.89. The van der Waals surface area contributed by atoms with E-state index < -0.39 is 0 Å². The molecule has 0 amide bonds. The summed E-state index contributed by atoms with van der Waals surface area (Å²) in [5.74, 6) is 1.17. The minimum Gasteiger partial charge on any atom is -0.487 e. The van der Waals surface area contributed by atoms with Crippen molar-refractivity contribution in [3.63, 3.8) is 0 Å². The standard InChI is InChI=1S/C14H18FNO/c1-2-14(9-3-4-9)8-12(16)11-7-10(15)5-6-13(11)17-14/h5-7,9,12H,2-4,8,16H2,1H3/t12-,14?/m0/s1. The van der Waals surface area contributed by atoms with Gasteiger partial charge in [0.2, 0.25) is 0 Å². The molecule has 0 aromatic heterocycles. The van der Waals surface area contributed by atoms with Gasteiger partial charge in [0.05, 0.1) is 0 Å². The number of fused-ring (bicyclic) bond motifs is 1. The Morgan fingerprint density at radius 3 is 2.88 bits per heavy atom. The molecular formula is C14H18FNO. The van der Waals surface area contributed by atoms with E-state index in [4.69, 9.17) is 10.5 Å². The fraction of sp³-hybridized carbons (Fsp3) is 0.571. The van der Waals surface area contributed by atoms with Crippen LogP contribution in [0.2, 0.25) is 0 Å². The zero-order chi connectivity index (χ0) is 12.0. The molecule has 0 bridgehead atoms. The van der Waals surface area contributed by atoms with Gasteiger partial charge in [0.15, 0.2) is 0 Å². The van der Waals surface area contributed by atoms with E-state index in [2.05, 4.69) is 6.92 Å². The van der Waals surface area contributed by atoms with Crippen molar-refractivity contribution >= 4 is 0 Å². The summed E-state index contributed by atoms with van der Waals surface area (Å²) >= 11 is 0. The molecule has 1 aliphatic heterocycles. The highest BCUT2D eigenvalue weighted by molar-refractivity contribution is 5.39. The zero-order valence-electron chi connectivity index (χ0n) is 10.1. The molecule has 0 saturated heterocycles. The van der Waals surface area contributed by atoms with Crippen molar-refractivity contribution in [1.82, 2.24) is 0 Å². The lowest BCUT2D eigenvalue weighted by atomic mass is 9.82. The lowest BCUT2D eigenvalue weighted by Gasteiger charge is -2.41. The van der Waals surface area contributed by atoms with E-state index >= 15 is 0 Å². The SMILES string of the molecule is CCC1(C2CC2)C[C@H](N)c2cc(F)ccc2O1. The van der Waals surface area contributed by atoms with E-state index in [9.17, 15) is 4.39 Å². The summed E-state index contributed by atoms with van der Waals surface area (Å²) in [6, 6.07) is 4.57. The number of rotatable bonds is 2. The molecule has 17 heavy (non-hydrogen) atoms. The van der Waals surface area contributed by atoms with Crippen molar-refractivity contribution in [3.8, 4) is 5.75 Å². The molecule has 2 nitrogen and oxygen atoms in total. The summed E-state index contributed by atoms with van der Waals surface area (Å²) in [4.78, 5) is 0. The van der Waals surface area contributed by atoms with Gasteiger partial charge >= 0.3 is 0 Å². The van der Waals surface area contributed by atoms with Crippen LogP contribution in [0.4, 0.5) is 4.39 Å². The second-order valence-corrected chi connectivity index (χ2v) is 5.29. The van der Waals surface area contributed by atoms with Crippen LogP contribution in [0.15, 0.2) is 18.2 Å². The first kappa shape index (κ1) is 11.0. The van der Waals surface area contributed by atoms with Crippen molar-refractivity contribution in [2.45, 2.75) is 44.2 Å². The normalized spacial score (nSPS) is 31.8. The van der Waals surface area contributed by atoms with E-state index in [-0.39, 0.29) is 17.5 Å². The first-order chi connectivity index (χ1) is 8.14. The van der Waals surface area contributed by atoms with Gasteiger partial charge in [-0.15, -0.1) is 0 Å². The van der Waals surface area contributed by atoms with Crippen molar-refractivity contribution in [2.75, 3.05) is 0 Å². The van der Waals surface area contributed by atoms with Crippen LogP contribution in [0.25, 0.3) is 0 Å². The van der Waals surface area contributed by atoms with Crippen LogP contribution in [0.1, 0.15) is 44.2 Å². The zero-order valence-corrected chi connectivity index (χ0v) is 10.1. The third-order valence-corrected chi connectivity index (χ3v) is 4.17. The Morgan fingerprint density at radius 2 is 2.24 bits per heavy atom. The fourth-order valence-corrected chi connectivity index (χ4v) is 3.01. The Morgan fingerprint density at radius 1 is 1.47 bits per heavy atom. The molecule has 2 aliphatic rings. The molecule has 1 aromatic carbocycles.